The van der Waals surface area contributed by atoms with Crippen LogP contribution in [0.3, 0.4) is 0 Å². The molecule has 1 heterocycles. The lowest BCUT2D eigenvalue weighted by molar-refractivity contribution is 0.197. The van der Waals surface area contributed by atoms with Gasteiger partial charge in [0.05, 0.1) is 6.61 Å². The zero-order chi connectivity index (χ0) is 10.2. The molecule has 1 aliphatic rings. The molecular weight excluding hydrogens is 251 g/mol. The van der Waals surface area contributed by atoms with Crippen molar-refractivity contribution < 1.29 is 13.9 Å². The van der Waals surface area contributed by atoms with Gasteiger partial charge in [0.15, 0.2) is 11.6 Å². The van der Waals surface area contributed by atoms with E-state index in [4.69, 9.17) is 9.47 Å². The summed E-state index contributed by atoms with van der Waals surface area (Å²) in [5.41, 5.74) is -0.209. The Morgan fingerprint density at radius 1 is 1.64 bits per heavy atom. The lowest BCUT2D eigenvalue weighted by Gasteiger charge is -2.09. The van der Waals surface area contributed by atoms with E-state index in [1.54, 1.807) is 12.1 Å². The molecule has 0 saturated carbocycles. The van der Waals surface area contributed by atoms with Gasteiger partial charge in [-0.15, -0.1) is 0 Å². The Labute approximate surface area is 90.1 Å². The van der Waals surface area contributed by atoms with Crippen molar-refractivity contribution in [3.63, 3.8) is 0 Å². The molecule has 0 radical (unpaired) electrons. The molecule has 1 aromatic carbocycles. The highest BCUT2D eigenvalue weighted by atomic mass is 79.9. The molecule has 0 aromatic heterocycles. The minimum atomic E-state index is -0.358. The highest BCUT2D eigenvalue weighted by Crippen LogP contribution is 2.28. The van der Waals surface area contributed by atoms with E-state index in [1.807, 2.05) is 6.92 Å². The van der Waals surface area contributed by atoms with E-state index in [1.165, 1.54) is 6.07 Å². The van der Waals surface area contributed by atoms with Gasteiger partial charge in [-0.2, -0.15) is 0 Å². The van der Waals surface area contributed by atoms with Crippen molar-refractivity contribution in [3.8, 4) is 5.75 Å². The van der Waals surface area contributed by atoms with Crippen LogP contribution >= 0.6 is 15.9 Å². The fraction of sp³-hybridized carbons (Fsp3) is 0.400. The van der Waals surface area contributed by atoms with Crippen LogP contribution in [0, 0.1) is 5.82 Å². The van der Waals surface area contributed by atoms with Crippen LogP contribution in [0.25, 0.3) is 0 Å². The van der Waals surface area contributed by atoms with Crippen molar-refractivity contribution in [3.05, 3.63) is 28.5 Å². The summed E-state index contributed by atoms with van der Waals surface area (Å²) in [5, 5.41) is 0. The smallest absolute Gasteiger partial charge is 0.166 e. The number of rotatable bonds is 3. The van der Waals surface area contributed by atoms with Crippen molar-refractivity contribution >= 4 is 15.9 Å². The topological polar surface area (TPSA) is 21.8 Å². The molecule has 14 heavy (non-hydrogen) atoms. The van der Waals surface area contributed by atoms with Crippen LogP contribution in [-0.2, 0) is 4.74 Å². The first-order valence-electron chi connectivity index (χ1n) is 4.31. The third-order valence-corrected chi connectivity index (χ3v) is 2.56. The van der Waals surface area contributed by atoms with Crippen LogP contribution in [0.4, 0.5) is 4.39 Å². The maximum atomic E-state index is 13.3. The van der Waals surface area contributed by atoms with E-state index in [2.05, 4.69) is 15.9 Å². The number of epoxide rings is 1. The van der Waals surface area contributed by atoms with E-state index in [0.29, 0.717) is 17.7 Å². The second-order valence-electron chi connectivity index (χ2n) is 3.60. The van der Waals surface area contributed by atoms with E-state index in [-0.39, 0.29) is 17.2 Å². The number of hydrogen-bond donors (Lipinski definition) is 0. The molecule has 2 rings (SSSR count). The molecule has 1 atom stereocenters. The molecule has 1 saturated heterocycles. The zero-order valence-corrected chi connectivity index (χ0v) is 9.30. The Morgan fingerprint density at radius 3 is 2.93 bits per heavy atom. The van der Waals surface area contributed by atoms with Crippen molar-refractivity contribution in [1.82, 2.24) is 0 Å². The van der Waals surface area contributed by atoms with E-state index < -0.39 is 0 Å². The Balaban J connectivity index is 2.02. The summed E-state index contributed by atoms with van der Waals surface area (Å²) in [7, 11) is 0. The van der Waals surface area contributed by atoms with Gasteiger partial charge in [0.25, 0.3) is 0 Å². The maximum Gasteiger partial charge on any atom is 0.166 e. The van der Waals surface area contributed by atoms with Crippen molar-refractivity contribution in [2.75, 3.05) is 13.2 Å². The lowest BCUT2D eigenvalue weighted by atomic mass is 10.2. The fourth-order valence-electron chi connectivity index (χ4n) is 1.03. The van der Waals surface area contributed by atoms with Gasteiger partial charge in [-0.3, -0.25) is 0 Å². The zero-order valence-electron chi connectivity index (χ0n) is 7.72. The first-order chi connectivity index (χ1) is 6.59. The molecule has 1 unspecified atom stereocenters. The fourth-order valence-corrected chi connectivity index (χ4v) is 1.36. The predicted octanol–water partition coefficient (Wildman–Crippen LogP) is 2.76. The summed E-state index contributed by atoms with van der Waals surface area (Å²) in [6.45, 7) is 3.01. The maximum absolute atomic E-state index is 13.3. The van der Waals surface area contributed by atoms with Crippen LogP contribution in [0.1, 0.15) is 6.92 Å². The first kappa shape index (κ1) is 9.93. The van der Waals surface area contributed by atoms with Crippen LogP contribution in [0.5, 0.6) is 5.75 Å². The Kier molecular flexibility index (Phi) is 2.49. The number of benzene rings is 1. The second kappa shape index (κ2) is 3.51. The third-order valence-electron chi connectivity index (χ3n) is 2.06. The molecule has 0 spiro atoms. The van der Waals surface area contributed by atoms with E-state index >= 15 is 0 Å². The van der Waals surface area contributed by atoms with Gasteiger partial charge in [0, 0.05) is 4.47 Å². The standard InChI is InChI=1S/C10H10BrFO2/c1-10(6-14-10)5-13-9-3-2-7(11)4-8(9)12/h2-4H,5-6H2,1H3. The third kappa shape index (κ3) is 2.25. The van der Waals surface area contributed by atoms with Crippen LogP contribution in [-0.4, -0.2) is 18.8 Å². The summed E-state index contributed by atoms with van der Waals surface area (Å²) in [4.78, 5) is 0. The van der Waals surface area contributed by atoms with Gasteiger partial charge in [-0.05, 0) is 25.1 Å². The monoisotopic (exact) mass is 260 g/mol. The highest BCUT2D eigenvalue weighted by molar-refractivity contribution is 9.10. The quantitative estimate of drug-likeness (QED) is 0.780. The van der Waals surface area contributed by atoms with Crippen molar-refractivity contribution in [1.29, 1.82) is 0 Å². The first-order valence-corrected chi connectivity index (χ1v) is 5.10. The summed E-state index contributed by atoms with van der Waals surface area (Å²) < 4.78 is 24.4. The summed E-state index contributed by atoms with van der Waals surface area (Å²) in [6.07, 6.45) is 0. The van der Waals surface area contributed by atoms with Gasteiger partial charge >= 0.3 is 0 Å². The molecule has 1 fully saturated rings. The van der Waals surface area contributed by atoms with Crippen LogP contribution < -0.4 is 4.74 Å². The molecular formula is C10H10BrFO2. The second-order valence-corrected chi connectivity index (χ2v) is 4.52. The molecule has 0 amide bonds. The van der Waals surface area contributed by atoms with Gasteiger partial charge in [-0.1, -0.05) is 15.9 Å². The average Bonchev–Trinajstić information content (AvgIpc) is 2.83. The lowest BCUT2D eigenvalue weighted by Crippen LogP contribution is -2.17. The van der Waals surface area contributed by atoms with Gasteiger partial charge < -0.3 is 9.47 Å². The Bertz CT molecular complexity index is 350. The Morgan fingerprint density at radius 2 is 2.36 bits per heavy atom. The van der Waals surface area contributed by atoms with Crippen LogP contribution in [0.2, 0.25) is 0 Å². The largest absolute Gasteiger partial charge is 0.487 e. The molecule has 2 nitrogen and oxygen atoms in total. The molecule has 0 N–H and O–H groups in total. The molecule has 4 heteroatoms. The number of halogens is 2. The minimum absolute atomic E-state index is 0.209. The summed E-state index contributed by atoms with van der Waals surface area (Å²) >= 11 is 3.18. The van der Waals surface area contributed by atoms with E-state index in [0.717, 1.165) is 0 Å². The summed E-state index contributed by atoms with van der Waals surface area (Å²) in [6, 6.07) is 4.73. The number of ether oxygens (including phenoxy) is 2. The molecule has 1 aromatic rings. The minimum Gasteiger partial charge on any atom is -0.487 e. The SMILES string of the molecule is CC1(COc2ccc(Br)cc2F)CO1. The van der Waals surface area contributed by atoms with Gasteiger partial charge in [-0.25, -0.2) is 4.39 Å². The average molecular weight is 261 g/mol. The molecule has 0 aliphatic carbocycles. The molecule has 0 bridgehead atoms. The molecule has 1 aliphatic heterocycles. The highest BCUT2D eigenvalue weighted by Gasteiger charge is 2.40. The Hall–Kier alpha value is -0.610. The predicted molar refractivity (Wildman–Crippen MR) is 54.0 cm³/mol. The number of hydrogen-bond acceptors (Lipinski definition) is 2. The molecule has 76 valence electrons. The van der Waals surface area contributed by atoms with Crippen molar-refractivity contribution in [2.24, 2.45) is 0 Å². The van der Waals surface area contributed by atoms with Crippen LogP contribution in [0.15, 0.2) is 22.7 Å². The van der Waals surface area contributed by atoms with Gasteiger partial charge in [0.2, 0.25) is 0 Å². The normalized spacial score (nSPS) is 24.8. The summed E-state index contributed by atoms with van der Waals surface area (Å²) in [5.74, 6) is -0.0893. The van der Waals surface area contributed by atoms with Crippen molar-refractivity contribution in [2.45, 2.75) is 12.5 Å². The van der Waals surface area contributed by atoms with Gasteiger partial charge in [0.1, 0.15) is 12.2 Å². The van der Waals surface area contributed by atoms with E-state index in [9.17, 15) is 4.39 Å².